The van der Waals surface area contributed by atoms with Crippen molar-refractivity contribution < 1.29 is 10.2 Å². The molecule has 4 nitrogen and oxygen atoms in total. The fourth-order valence-electron chi connectivity index (χ4n) is 1.84. The van der Waals surface area contributed by atoms with Crippen LogP contribution in [0.3, 0.4) is 0 Å². The van der Waals surface area contributed by atoms with Gasteiger partial charge in [-0.2, -0.15) is 5.26 Å². The molecule has 0 spiro atoms. The van der Waals surface area contributed by atoms with Crippen LogP contribution in [0, 0.1) is 11.3 Å². The van der Waals surface area contributed by atoms with Crippen molar-refractivity contribution in [3.63, 3.8) is 0 Å². The first-order valence-electron chi connectivity index (χ1n) is 4.92. The molecule has 5 heteroatoms. The zero-order chi connectivity index (χ0) is 11.7. The average Bonchev–Trinajstić information content (AvgIpc) is 2.59. The third-order valence-electron chi connectivity index (χ3n) is 2.68. The highest BCUT2D eigenvalue weighted by molar-refractivity contribution is 6.30. The van der Waals surface area contributed by atoms with Gasteiger partial charge in [0, 0.05) is 18.1 Å². The zero-order valence-electron chi connectivity index (χ0n) is 8.47. The molecule has 1 aliphatic rings. The molecule has 2 unspecified atom stereocenters. The molecule has 1 heterocycles. The second-order valence-electron chi connectivity index (χ2n) is 3.81. The molecule has 16 heavy (non-hydrogen) atoms. The van der Waals surface area contributed by atoms with Crippen molar-refractivity contribution in [2.45, 2.75) is 12.2 Å². The monoisotopic (exact) mass is 238 g/mol. The van der Waals surface area contributed by atoms with Crippen LogP contribution >= 0.6 is 11.6 Å². The van der Waals surface area contributed by atoms with Gasteiger partial charge in [-0.3, -0.25) is 0 Å². The Hall–Kier alpha value is -1.28. The van der Waals surface area contributed by atoms with Gasteiger partial charge in [0.2, 0.25) is 0 Å². The normalized spacial score (nSPS) is 24.5. The molecular weight excluding hydrogens is 228 g/mol. The largest absolute Gasteiger partial charge is 0.389 e. The van der Waals surface area contributed by atoms with Gasteiger partial charge in [-0.05, 0) is 18.2 Å². The number of β-amino-alcohol motifs (C(OH)–C–C–N with tert-alkyl or cyclic N) is 2. The van der Waals surface area contributed by atoms with Crippen molar-refractivity contribution in [2.24, 2.45) is 0 Å². The topological polar surface area (TPSA) is 67.5 Å². The summed E-state index contributed by atoms with van der Waals surface area (Å²) in [6.07, 6.45) is -1.52. The Labute approximate surface area is 98.3 Å². The van der Waals surface area contributed by atoms with Crippen molar-refractivity contribution >= 4 is 17.3 Å². The summed E-state index contributed by atoms with van der Waals surface area (Å²) in [5.41, 5.74) is 1.15. The standard InChI is InChI=1S/C11H11ClN2O2/c12-8-1-2-9(7(3-8)4-13)14-5-10(15)11(16)6-14/h1-3,10-11,15-16H,5-6H2. The minimum atomic E-state index is -0.762. The molecule has 2 rings (SSSR count). The van der Waals surface area contributed by atoms with Crippen LogP contribution in [0.5, 0.6) is 0 Å². The predicted octanol–water partition coefficient (Wildman–Crippen LogP) is 0.753. The van der Waals surface area contributed by atoms with E-state index in [0.29, 0.717) is 29.4 Å². The molecule has 1 fully saturated rings. The van der Waals surface area contributed by atoms with Crippen molar-refractivity contribution in [2.75, 3.05) is 18.0 Å². The maximum absolute atomic E-state index is 9.45. The zero-order valence-corrected chi connectivity index (χ0v) is 9.22. The number of rotatable bonds is 1. The van der Waals surface area contributed by atoms with Crippen molar-refractivity contribution in [3.8, 4) is 6.07 Å². The highest BCUT2D eigenvalue weighted by Gasteiger charge is 2.30. The average molecular weight is 239 g/mol. The minimum Gasteiger partial charge on any atom is -0.389 e. The Morgan fingerprint density at radius 2 is 1.94 bits per heavy atom. The molecule has 0 bridgehead atoms. The van der Waals surface area contributed by atoms with E-state index in [2.05, 4.69) is 6.07 Å². The van der Waals surface area contributed by atoms with E-state index in [-0.39, 0.29) is 0 Å². The molecule has 1 aromatic rings. The van der Waals surface area contributed by atoms with Crippen LogP contribution in [0.25, 0.3) is 0 Å². The lowest BCUT2D eigenvalue weighted by Gasteiger charge is -2.18. The van der Waals surface area contributed by atoms with Gasteiger partial charge in [0.25, 0.3) is 0 Å². The Morgan fingerprint density at radius 1 is 1.31 bits per heavy atom. The number of benzene rings is 1. The number of hydrogen-bond acceptors (Lipinski definition) is 4. The number of halogens is 1. The van der Waals surface area contributed by atoms with Gasteiger partial charge in [-0.1, -0.05) is 11.6 Å². The smallest absolute Gasteiger partial charge is 0.101 e. The van der Waals surface area contributed by atoms with Gasteiger partial charge in [0.1, 0.15) is 6.07 Å². The van der Waals surface area contributed by atoms with Crippen LogP contribution < -0.4 is 4.90 Å². The third-order valence-corrected chi connectivity index (χ3v) is 2.91. The number of nitrogens with zero attached hydrogens (tertiary/aromatic N) is 2. The molecule has 1 aliphatic heterocycles. The quantitative estimate of drug-likeness (QED) is 0.758. The number of nitriles is 1. The molecule has 1 saturated heterocycles. The van der Waals surface area contributed by atoms with E-state index in [1.165, 1.54) is 0 Å². The number of aliphatic hydroxyl groups is 2. The van der Waals surface area contributed by atoms with Crippen molar-refractivity contribution in [3.05, 3.63) is 28.8 Å². The molecule has 2 atom stereocenters. The first kappa shape index (κ1) is 11.2. The molecular formula is C11H11ClN2O2. The first-order valence-corrected chi connectivity index (χ1v) is 5.30. The van der Waals surface area contributed by atoms with Gasteiger partial charge in [-0.25, -0.2) is 0 Å². The summed E-state index contributed by atoms with van der Waals surface area (Å²) in [6.45, 7) is 0.662. The highest BCUT2D eigenvalue weighted by atomic mass is 35.5. The molecule has 0 aromatic heterocycles. The van der Waals surface area contributed by atoms with Gasteiger partial charge < -0.3 is 15.1 Å². The van der Waals surface area contributed by atoms with E-state index in [4.69, 9.17) is 16.9 Å². The van der Waals surface area contributed by atoms with E-state index in [1.807, 2.05) is 0 Å². The van der Waals surface area contributed by atoms with E-state index >= 15 is 0 Å². The Bertz CT molecular complexity index is 434. The summed E-state index contributed by atoms with van der Waals surface area (Å²) in [5, 5.41) is 28.4. The van der Waals surface area contributed by atoms with Crippen LogP contribution in [-0.2, 0) is 0 Å². The summed E-state index contributed by atoms with van der Waals surface area (Å²) >= 11 is 5.79. The lowest BCUT2D eigenvalue weighted by molar-refractivity contribution is 0.0572. The van der Waals surface area contributed by atoms with Crippen LogP contribution in [-0.4, -0.2) is 35.5 Å². The molecule has 1 aromatic carbocycles. The SMILES string of the molecule is N#Cc1cc(Cl)ccc1N1CC(O)C(O)C1. The van der Waals surface area contributed by atoms with Gasteiger partial charge >= 0.3 is 0 Å². The lowest BCUT2D eigenvalue weighted by Crippen LogP contribution is -2.22. The summed E-state index contributed by atoms with van der Waals surface area (Å²) < 4.78 is 0. The second kappa shape index (κ2) is 4.30. The third kappa shape index (κ3) is 1.98. The van der Waals surface area contributed by atoms with Crippen LogP contribution in [0.2, 0.25) is 5.02 Å². The van der Waals surface area contributed by atoms with Crippen LogP contribution in [0.1, 0.15) is 5.56 Å². The van der Waals surface area contributed by atoms with E-state index in [0.717, 1.165) is 0 Å². The fourth-order valence-corrected chi connectivity index (χ4v) is 2.01. The van der Waals surface area contributed by atoms with Crippen molar-refractivity contribution in [1.29, 1.82) is 5.26 Å². The van der Waals surface area contributed by atoms with Crippen LogP contribution in [0.4, 0.5) is 5.69 Å². The Kier molecular flexibility index (Phi) is 3.01. The van der Waals surface area contributed by atoms with E-state index < -0.39 is 12.2 Å². The van der Waals surface area contributed by atoms with Gasteiger partial charge in [-0.15, -0.1) is 0 Å². The first-order chi connectivity index (χ1) is 7.61. The van der Waals surface area contributed by atoms with E-state index in [9.17, 15) is 10.2 Å². The van der Waals surface area contributed by atoms with E-state index in [1.54, 1.807) is 23.1 Å². The molecule has 0 radical (unpaired) electrons. The summed E-state index contributed by atoms with van der Waals surface area (Å²) in [7, 11) is 0. The van der Waals surface area contributed by atoms with Gasteiger partial charge in [0.15, 0.2) is 0 Å². The minimum absolute atomic E-state index is 0.331. The summed E-state index contributed by atoms with van der Waals surface area (Å²) in [4.78, 5) is 1.78. The number of hydrogen-bond donors (Lipinski definition) is 2. The lowest BCUT2D eigenvalue weighted by atomic mass is 10.2. The molecule has 0 amide bonds. The maximum atomic E-state index is 9.45. The molecule has 0 aliphatic carbocycles. The molecule has 0 saturated carbocycles. The fraction of sp³-hybridized carbons (Fsp3) is 0.364. The summed E-state index contributed by atoms with van der Waals surface area (Å²) in [6, 6.07) is 7.05. The molecule has 84 valence electrons. The highest BCUT2D eigenvalue weighted by Crippen LogP contribution is 2.26. The second-order valence-corrected chi connectivity index (χ2v) is 4.25. The van der Waals surface area contributed by atoms with Gasteiger partial charge in [0.05, 0.1) is 23.5 Å². The maximum Gasteiger partial charge on any atom is 0.101 e. The number of aliphatic hydroxyl groups excluding tert-OH is 2. The Balaban J connectivity index is 2.32. The van der Waals surface area contributed by atoms with Crippen LogP contribution in [0.15, 0.2) is 18.2 Å². The number of anilines is 1. The molecule has 2 N–H and O–H groups in total. The summed E-state index contributed by atoms with van der Waals surface area (Å²) in [5.74, 6) is 0. The predicted molar refractivity (Wildman–Crippen MR) is 60.4 cm³/mol. The Morgan fingerprint density at radius 3 is 2.50 bits per heavy atom. The van der Waals surface area contributed by atoms with Crippen molar-refractivity contribution in [1.82, 2.24) is 0 Å².